The van der Waals surface area contributed by atoms with Crippen molar-refractivity contribution in [2.75, 3.05) is 6.61 Å². The number of Topliss-reactive ketones (excluding diaryl/α,β-unsaturated/α-hetero) is 1. The quantitative estimate of drug-likeness (QED) is 0.223. The molecule has 1 saturated heterocycles. The summed E-state index contributed by atoms with van der Waals surface area (Å²) in [5.41, 5.74) is 4.31. The van der Waals surface area contributed by atoms with Crippen molar-refractivity contribution in [1.82, 2.24) is 4.57 Å². The number of nitrogens with zero attached hydrogens (tertiary/aromatic N) is 1. The van der Waals surface area contributed by atoms with Gasteiger partial charge in [0.15, 0.2) is 23.7 Å². The number of hydrogen-bond donors (Lipinski definition) is 0. The van der Waals surface area contributed by atoms with Gasteiger partial charge in [-0.25, -0.2) is 8.78 Å². The minimum absolute atomic E-state index is 0.0157. The van der Waals surface area contributed by atoms with Gasteiger partial charge in [0.2, 0.25) is 0 Å². The zero-order valence-electron chi connectivity index (χ0n) is 21.2. The molecule has 0 amide bonds. The van der Waals surface area contributed by atoms with Crippen LogP contribution >= 0.6 is 0 Å². The average molecular weight is 504 g/mol. The minimum atomic E-state index is -0.897. The highest BCUT2D eigenvalue weighted by Crippen LogP contribution is 2.36. The van der Waals surface area contributed by atoms with Crippen molar-refractivity contribution in [2.45, 2.75) is 58.3 Å². The monoisotopic (exact) mass is 503 g/mol. The van der Waals surface area contributed by atoms with Crippen molar-refractivity contribution < 1.29 is 23.0 Å². The number of ether oxygens (including phenoxy) is 2. The third-order valence-corrected chi connectivity index (χ3v) is 6.87. The second-order valence-electron chi connectivity index (χ2n) is 9.90. The van der Waals surface area contributed by atoms with Crippen molar-refractivity contribution >= 4 is 16.7 Å². The molecule has 5 rings (SSSR count). The number of ketones is 1. The maximum absolute atomic E-state index is 13.7. The Labute approximate surface area is 215 Å². The number of fused-ring (bicyclic) bond motifs is 1. The van der Waals surface area contributed by atoms with Crippen molar-refractivity contribution in [1.29, 1.82) is 0 Å². The number of hydrogen-bond acceptors (Lipinski definition) is 3. The summed E-state index contributed by atoms with van der Waals surface area (Å²) in [5.74, 6) is -1.01. The normalized spacial score (nSPS) is 15.5. The summed E-state index contributed by atoms with van der Waals surface area (Å²) in [4.78, 5) is 13.7. The molecule has 4 aromatic rings. The molecule has 1 fully saturated rings. The first-order valence-electron chi connectivity index (χ1n) is 12.9. The molecule has 3 aromatic carbocycles. The standard InChI is InChI=1S/C31H31F2NO3/c1-20(2)31-30(28(35)15-11-21-10-14-25(32)26(33)17-21)24-13-12-23(37-29-9-6-16-36-29)18-27(24)34(31)19-22-7-4-3-5-8-22/h3-5,7-8,10,12-14,17-18,20,29H,6,9,11,15-16,19H2,1-2H3. The van der Waals surface area contributed by atoms with E-state index in [0.29, 0.717) is 36.4 Å². The van der Waals surface area contributed by atoms with Crippen molar-refractivity contribution in [3.05, 3.63) is 101 Å². The van der Waals surface area contributed by atoms with Gasteiger partial charge < -0.3 is 14.0 Å². The molecule has 0 N–H and O–H groups in total. The lowest BCUT2D eigenvalue weighted by atomic mass is 9.96. The molecule has 6 heteroatoms. The van der Waals surface area contributed by atoms with Crippen LogP contribution in [-0.2, 0) is 17.7 Å². The SMILES string of the molecule is CC(C)c1c(C(=O)CCc2ccc(F)c(F)c2)c2ccc(OC3CCCO3)cc2n1Cc1ccccc1. The Morgan fingerprint density at radius 1 is 1.03 bits per heavy atom. The molecule has 1 atom stereocenters. The Morgan fingerprint density at radius 2 is 1.84 bits per heavy atom. The number of rotatable bonds is 9. The topological polar surface area (TPSA) is 40.5 Å². The Bertz CT molecular complexity index is 1410. The number of aryl methyl sites for hydroxylation is 1. The number of carbonyl (C=O) groups is 1. The van der Waals surface area contributed by atoms with Crippen molar-refractivity contribution in [3.63, 3.8) is 0 Å². The van der Waals surface area contributed by atoms with Crippen LogP contribution in [0, 0.1) is 11.6 Å². The largest absolute Gasteiger partial charge is 0.465 e. The van der Waals surface area contributed by atoms with Crippen LogP contribution < -0.4 is 4.74 Å². The summed E-state index contributed by atoms with van der Waals surface area (Å²) in [7, 11) is 0. The Balaban J connectivity index is 1.55. The third-order valence-electron chi connectivity index (χ3n) is 6.87. The molecule has 0 saturated carbocycles. The first-order chi connectivity index (χ1) is 17.9. The van der Waals surface area contributed by atoms with Gasteiger partial charge >= 0.3 is 0 Å². The fourth-order valence-corrected chi connectivity index (χ4v) is 5.12. The second-order valence-corrected chi connectivity index (χ2v) is 9.90. The number of halogens is 2. The maximum Gasteiger partial charge on any atom is 0.199 e. The van der Waals surface area contributed by atoms with Crippen LogP contribution in [0.3, 0.4) is 0 Å². The summed E-state index contributed by atoms with van der Waals surface area (Å²) in [5, 5.41) is 0.870. The first-order valence-corrected chi connectivity index (χ1v) is 12.9. The van der Waals surface area contributed by atoms with Gasteiger partial charge in [-0.2, -0.15) is 0 Å². The van der Waals surface area contributed by atoms with E-state index in [2.05, 4.69) is 30.5 Å². The van der Waals surface area contributed by atoms with E-state index in [1.54, 1.807) is 0 Å². The van der Waals surface area contributed by atoms with E-state index < -0.39 is 11.6 Å². The molecule has 1 aliphatic heterocycles. The average Bonchev–Trinajstić information content (AvgIpc) is 3.51. The van der Waals surface area contributed by atoms with E-state index in [4.69, 9.17) is 9.47 Å². The molecule has 1 aromatic heterocycles. The Morgan fingerprint density at radius 3 is 2.54 bits per heavy atom. The molecule has 1 unspecified atom stereocenters. The van der Waals surface area contributed by atoms with E-state index in [1.807, 2.05) is 36.4 Å². The molecule has 0 bridgehead atoms. The highest BCUT2D eigenvalue weighted by atomic mass is 19.2. The summed E-state index contributed by atoms with van der Waals surface area (Å²) >= 11 is 0. The molecule has 0 radical (unpaired) electrons. The van der Waals surface area contributed by atoms with Crippen molar-refractivity contribution in [3.8, 4) is 5.75 Å². The van der Waals surface area contributed by atoms with Gasteiger partial charge in [-0.3, -0.25) is 4.79 Å². The van der Waals surface area contributed by atoms with Gasteiger partial charge in [0.05, 0.1) is 12.1 Å². The maximum atomic E-state index is 13.7. The molecular formula is C31H31F2NO3. The third kappa shape index (κ3) is 5.44. The van der Waals surface area contributed by atoms with Gasteiger partial charge in [-0.1, -0.05) is 50.2 Å². The van der Waals surface area contributed by atoms with E-state index in [1.165, 1.54) is 12.1 Å². The summed E-state index contributed by atoms with van der Waals surface area (Å²) in [6.45, 7) is 5.49. The Hall–Kier alpha value is -3.51. The van der Waals surface area contributed by atoms with Crippen LogP contribution in [0.1, 0.15) is 66.2 Å². The number of carbonyl (C=O) groups excluding carboxylic acids is 1. The van der Waals surface area contributed by atoms with Gasteiger partial charge in [-0.15, -0.1) is 0 Å². The van der Waals surface area contributed by atoms with Crippen LogP contribution in [-0.4, -0.2) is 23.2 Å². The van der Waals surface area contributed by atoms with Gasteiger partial charge in [0.25, 0.3) is 0 Å². The van der Waals surface area contributed by atoms with Crippen LogP contribution in [0.4, 0.5) is 8.78 Å². The van der Waals surface area contributed by atoms with E-state index in [0.717, 1.165) is 41.1 Å². The fraction of sp³-hybridized carbons (Fsp3) is 0.323. The van der Waals surface area contributed by atoms with Crippen LogP contribution in [0.15, 0.2) is 66.7 Å². The molecule has 0 aliphatic carbocycles. The zero-order valence-corrected chi connectivity index (χ0v) is 21.2. The molecule has 4 nitrogen and oxygen atoms in total. The highest BCUT2D eigenvalue weighted by Gasteiger charge is 2.25. The Kier molecular flexibility index (Phi) is 7.38. The minimum Gasteiger partial charge on any atom is -0.465 e. The highest BCUT2D eigenvalue weighted by molar-refractivity contribution is 6.10. The lowest BCUT2D eigenvalue weighted by Gasteiger charge is -2.16. The summed E-state index contributed by atoms with van der Waals surface area (Å²) in [6.07, 6.45) is 2.11. The fourth-order valence-electron chi connectivity index (χ4n) is 5.12. The first kappa shape index (κ1) is 25.2. The molecule has 192 valence electrons. The van der Waals surface area contributed by atoms with Crippen LogP contribution in [0.5, 0.6) is 5.75 Å². The van der Waals surface area contributed by atoms with E-state index in [-0.39, 0.29) is 24.4 Å². The summed E-state index contributed by atoms with van der Waals surface area (Å²) in [6, 6.07) is 19.8. The van der Waals surface area contributed by atoms with E-state index in [9.17, 15) is 13.6 Å². The lowest BCUT2D eigenvalue weighted by molar-refractivity contribution is -0.0389. The molecule has 0 spiro atoms. The van der Waals surface area contributed by atoms with Crippen LogP contribution in [0.2, 0.25) is 0 Å². The molecule has 2 heterocycles. The van der Waals surface area contributed by atoms with E-state index >= 15 is 0 Å². The summed E-state index contributed by atoms with van der Waals surface area (Å²) < 4.78 is 41.0. The van der Waals surface area contributed by atoms with Gasteiger partial charge in [-0.05, 0) is 54.2 Å². The van der Waals surface area contributed by atoms with Crippen LogP contribution in [0.25, 0.3) is 10.9 Å². The predicted molar refractivity (Wildman–Crippen MR) is 140 cm³/mol. The second kappa shape index (κ2) is 10.9. The van der Waals surface area contributed by atoms with Gasteiger partial charge in [0.1, 0.15) is 5.75 Å². The molecule has 1 aliphatic rings. The number of benzene rings is 3. The molecule has 37 heavy (non-hydrogen) atoms. The van der Waals surface area contributed by atoms with Crippen molar-refractivity contribution in [2.24, 2.45) is 0 Å². The van der Waals surface area contributed by atoms with Gasteiger partial charge in [0, 0.05) is 42.1 Å². The zero-order chi connectivity index (χ0) is 25.9. The predicted octanol–water partition coefficient (Wildman–Crippen LogP) is 7.42. The smallest absolute Gasteiger partial charge is 0.199 e. The number of aromatic nitrogens is 1. The molecular weight excluding hydrogens is 472 g/mol. The lowest BCUT2D eigenvalue weighted by Crippen LogP contribution is -2.13.